The standard InChI is InChI=1S/C15H21ClN2O/c1-3-18-9-5-8-14(18)15(19)17(2)11-12-6-4-7-13(16)10-12/h4,6-7,10,14H,3,5,8-9,11H2,1-2H3/t14-/m0/s1. The maximum absolute atomic E-state index is 12.5. The minimum atomic E-state index is 0.0641. The first-order valence-electron chi connectivity index (χ1n) is 6.85. The van der Waals surface area contributed by atoms with Gasteiger partial charge in [-0.3, -0.25) is 9.69 Å². The van der Waals surface area contributed by atoms with Crippen molar-refractivity contribution in [3.8, 4) is 0 Å². The molecule has 2 rings (SSSR count). The summed E-state index contributed by atoms with van der Waals surface area (Å²) in [4.78, 5) is 16.5. The normalized spacial score (nSPS) is 19.6. The molecule has 1 heterocycles. The minimum Gasteiger partial charge on any atom is -0.340 e. The second-order valence-electron chi connectivity index (χ2n) is 5.11. The van der Waals surface area contributed by atoms with Gasteiger partial charge in [0.1, 0.15) is 0 Å². The molecule has 1 amide bonds. The highest BCUT2D eigenvalue weighted by atomic mass is 35.5. The number of halogens is 1. The minimum absolute atomic E-state index is 0.0641. The van der Waals surface area contributed by atoms with Crippen molar-refractivity contribution in [1.29, 1.82) is 0 Å². The third-order valence-electron chi connectivity index (χ3n) is 3.74. The number of hydrogen-bond donors (Lipinski definition) is 0. The predicted molar refractivity (Wildman–Crippen MR) is 78.2 cm³/mol. The summed E-state index contributed by atoms with van der Waals surface area (Å²) >= 11 is 5.97. The molecule has 0 unspecified atom stereocenters. The fourth-order valence-electron chi connectivity index (χ4n) is 2.73. The molecule has 0 aromatic heterocycles. The van der Waals surface area contributed by atoms with Crippen molar-refractivity contribution >= 4 is 17.5 Å². The third kappa shape index (κ3) is 3.48. The van der Waals surface area contributed by atoms with Crippen LogP contribution in [0, 0.1) is 0 Å². The van der Waals surface area contributed by atoms with E-state index >= 15 is 0 Å². The Morgan fingerprint density at radius 2 is 2.32 bits per heavy atom. The molecule has 1 aromatic carbocycles. The zero-order valence-corrected chi connectivity index (χ0v) is 12.4. The Balaban J connectivity index is 1.99. The first kappa shape index (κ1) is 14.4. The maximum atomic E-state index is 12.5. The van der Waals surface area contributed by atoms with Gasteiger partial charge < -0.3 is 4.90 Å². The molecule has 0 N–H and O–H groups in total. The lowest BCUT2D eigenvalue weighted by Crippen LogP contribution is -2.43. The highest BCUT2D eigenvalue weighted by molar-refractivity contribution is 6.30. The highest BCUT2D eigenvalue weighted by Crippen LogP contribution is 2.19. The smallest absolute Gasteiger partial charge is 0.239 e. The number of carbonyl (C=O) groups is 1. The average Bonchev–Trinajstić information content (AvgIpc) is 2.86. The molecule has 1 fully saturated rings. The number of benzene rings is 1. The second-order valence-corrected chi connectivity index (χ2v) is 5.55. The maximum Gasteiger partial charge on any atom is 0.239 e. The Morgan fingerprint density at radius 3 is 3.00 bits per heavy atom. The van der Waals surface area contributed by atoms with Crippen molar-refractivity contribution in [1.82, 2.24) is 9.80 Å². The van der Waals surface area contributed by atoms with Crippen molar-refractivity contribution in [2.45, 2.75) is 32.4 Å². The van der Waals surface area contributed by atoms with Gasteiger partial charge in [0.25, 0.3) is 0 Å². The predicted octanol–water partition coefficient (Wildman–Crippen LogP) is 2.78. The molecule has 1 aliphatic rings. The Labute approximate surface area is 120 Å². The number of amides is 1. The van der Waals surface area contributed by atoms with Crippen molar-refractivity contribution in [2.24, 2.45) is 0 Å². The molecular formula is C15H21ClN2O. The highest BCUT2D eigenvalue weighted by Gasteiger charge is 2.31. The largest absolute Gasteiger partial charge is 0.340 e. The summed E-state index contributed by atoms with van der Waals surface area (Å²) in [5.74, 6) is 0.222. The van der Waals surface area contributed by atoms with Crippen LogP contribution in [0.25, 0.3) is 0 Å². The van der Waals surface area contributed by atoms with Crippen LogP contribution < -0.4 is 0 Å². The summed E-state index contributed by atoms with van der Waals surface area (Å²) in [5.41, 5.74) is 1.07. The summed E-state index contributed by atoms with van der Waals surface area (Å²) in [5, 5.41) is 0.717. The molecule has 104 valence electrons. The number of likely N-dealkylation sites (N-methyl/N-ethyl adjacent to an activating group) is 2. The lowest BCUT2D eigenvalue weighted by Gasteiger charge is -2.27. The SMILES string of the molecule is CCN1CCC[C@H]1C(=O)N(C)Cc1cccc(Cl)c1. The van der Waals surface area contributed by atoms with E-state index in [-0.39, 0.29) is 11.9 Å². The van der Waals surface area contributed by atoms with Crippen LogP contribution in [0.15, 0.2) is 24.3 Å². The number of hydrogen-bond acceptors (Lipinski definition) is 2. The average molecular weight is 281 g/mol. The summed E-state index contributed by atoms with van der Waals surface area (Å²) in [6.07, 6.45) is 2.10. The Kier molecular flexibility index (Phi) is 4.83. The summed E-state index contributed by atoms with van der Waals surface area (Å²) < 4.78 is 0. The molecule has 1 atom stereocenters. The van der Waals surface area contributed by atoms with Gasteiger partial charge in [-0.05, 0) is 43.6 Å². The van der Waals surface area contributed by atoms with Gasteiger partial charge in [0.15, 0.2) is 0 Å². The van der Waals surface area contributed by atoms with Crippen LogP contribution >= 0.6 is 11.6 Å². The number of rotatable bonds is 4. The third-order valence-corrected chi connectivity index (χ3v) is 3.97. The molecule has 0 aliphatic carbocycles. The van der Waals surface area contributed by atoms with Crippen molar-refractivity contribution in [2.75, 3.05) is 20.1 Å². The lowest BCUT2D eigenvalue weighted by atomic mass is 10.1. The fraction of sp³-hybridized carbons (Fsp3) is 0.533. The number of nitrogens with zero attached hydrogens (tertiary/aromatic N) is 2. The summed E-state index contributed by atoms with van der Waals surface area (Å²) in [6.45, 7) is 4.72. The molecule has 0 spiro atoms. The van der Waals surface area contributed by atoms with E-state index in [1.807, 2.05) is 36.2 Å². The summed E-state index contributed by atoms with van der Waals surface area (Å²) in [7, 11) is 1.87. The van der Waals surface area contributed by atoms with E-state index in [1.54, 1.807) is 0 Å². The molecule has 1 saturated heterocycles. The zero-order chi connectivity index (χ0) is 13.8. The van der Waals surface area contributed by atoms with E-state index in [2.05, 4.69) is 11.8 Å². The van der Waals surface area contributed by atoms with Gasteiger partial charge >= 0.3 is 0 Å². The zero-order valence-electron chi connectivity index (χ0n) is 11.6. The van der Waals surface area contributed by atoms with Crippen LogP contribution in [0.5, 0.6) is 0 Å². The monoisotopic (exact) mass is 280 g/mol. The first-order valence-corrected chi connectivity index (χ1v) is 7.23. The van der Waals surface area contributed by atoms with E-state index in [1.165, 1.54) is 0 Å². The van der Waals surface area contributed by atoms with Crippen LogP contribution in [0.3, 0.4) is 0 Å². The molecule has 0 radical (unpaired) electrons. The van der Waals surface area contributed by atoms with E-state index < -0.39 is 0 Å². The van der Waals surface area contributed by atoms with Gasteiger partial charge in [0.2, 0.25) is 5.91 Å². The Bertz CT molecular complexity index is 450. The van der Waals surface area contributed by atoms with Crippen LogP contribution in [-0.2, 0) is 11.3 Å². The molecule has 0 bridgehead atoms. The van der Waals surface area contributed by atoms with Crippen LogP contribution in [0.2, 0.25) is 5.02 Å². The van der Waals surface area contributed by atoms with Gasteiger partial charge in [-0.15, -0.1) is 0 Å². The second kappa shape index (κ2) is 6.40. The molecule has 1 aliphatic heterocycles. The molecule has 0 saturated carbocycles. The van der Waals surface area contributed by atoms with Crippen LogP contribution in [0.1, 0.15) is 25.3 Å². The molecular weight excluding hydrogens is 260 g/mol. The lowest BCUT2D eigenvalue weighted by molar-refractivity contribution is -0.135. The molecule has 1 aromatic rings. The number of likely N-dealkylation sites (tertiary alicyclic amines) is 1. The van der Waals surface area contributed by atoms with E-state index in [0.29, 0.717) is 6.54 Å². The van der Waals surface area contributed by atoms with Crippen LogP contribution in [-0.4, -0.2) is 41.9 Å². The van der Waals surface area contributed by atoms with Gasteiger partial charge in [-0.1, -0.05) is 30.7 Å². The first-order chi connectivity index (χ1) is 9.11. The van der Waals surface area contributed by atoms with E-state index in [0.717, 1.165) is 36.5 Å². The van der Waals surface area contributed by atoms with Gasteiger partial charge in [0.05, 0.1) is 6.04 Å². The molecule has 3 nitrogen and oxygen atoms in total. The Morgan fingerprint density at radius 1 is 1.53 bits per heavy atom. The van der Waals surface area contributed by atoms with Gasteiger partial charge in [-0.25, -0.2) is 0 Å². The topological polar surface area (TPSA) is 23.6 Å². The molecule has 19 heavy (non-hydrogen) atoms. The van der Waals surface area contributed by atoms with Crippen molar-refractivity contribution in [3.05, 3.63) is 34.9 Å². The van der Waals surface area contributed by atoms with Gasteiger partial charge in [-0.2, -0.15) is 0 Å². The van der Waals surface area contributed by atoms with Gasteiger partial charge in [0, 0.05) is 18.6 Å². The fourth-order valence-corrected chi connectivity index (χ4v) is 2.94. The van der Waals surface area contributed by atoms with E-state index in [9.17, 15) is 4.79 Å². The quantitative estimate of drug-likeness (QED) is 0.847. The van der Waals surface area contributed by atoms with E-state index in [4.69, 9.17) is 11.6 Å². The Hall–Kier alpha value is -1.06. The van der Waals surface area contributed by atoms with Crippen molar-refractivity contribution < 1.29 is 4.79 Å². The van der Waals surface area contributed by atoms with Crippen LogP contribution in [0.4, 0.5) is 0 Å². The summed E-state index contributed by atoms with van der Waals surface area (Å²) in [6, 6.07) is 7.75. The van der Waals surface area contributed by atoms with Crippen molar-refractivity contribution in [3.63, 3.8) is 0 Å². The molecule has 4 heteroatoms. The number of carbonyl (C=O) groups excluding carboxylic acids is 1.